The van der Waals surface area contributed by atoms with Crippen molar-refractivity contribution in [1.29, 1.82) is 0 Å². The molecule has 1 atom stereocenters. The first-order valence-corrected chi connectivity index (χ1v) is 7.24. The van der Waals surface area contributed by atoms with Crippen LogP contribution in [0.15, 0.2) is 5.16 Å². The highest BCUT2D eigenvalue weighted by molar-refractivity contribution is 7.99. The number of rotatable bonds is 2. The molecule has 1 unspecified atom stereocenters. The molecule has 1 aromatic heterocycles. The molecule has 1 aliphatic heterocycles. The molecule has 0 saturated carbocycles. The van der Waals surface area contributed by atoms with Crippen molar-refractivity contribution in [3.05, 3.63) is 17.0 Å². The van der Waals surface area contributed by atoms with E-state index in [1.54, 1.807) is 0 Å². The minimum absolute atomic E-state index is 0.329. The van der Waals surface area contributed by atoms with Crippen molar-refractivity contribution in [3.8, 4) is 0 Å². The fourth-order valence-electron chi connectivity index (χ4n) is 1.97. The van der Waals surface area contributed by atoms with E-state index in [9.17, 15) is 4.21 Å². The highest BCUT2D eigenvalue weighted by Crippen LogP contribution is 2.25. The number of nitrogens with zero attached hydrogens (tertiary/aromatic N) is 3. The van der Waals surface area contributed by atoms with E-state index in [4.69, 9.17) is 4.84 Å². The van der Waals surface area contributed by atoms with Crippen molar-refractivity contribution in [2.75, 3.05) is 0 Å². The lowest BCUT2D eigenvalue weighted by Gasteiger charge is -2.13. The van der Waals surface area contributed by atoms with E-state index in [1.807, 2.05) is 39.4 Å². The third-order valence-electron chi connectivity index (χ3n) is 3.17. The molecule has 0 N–H and O–H groups in total. The lowest BCUT2D eigenvalue weighted by atomic mass is 10.1. The van der Waals surface area contributed by atoms with Crippen molar-refractivity contribution in [2.24, 2.45) is 12.2 Å². The van der Waals surface area contributed by atoms with Gasteiger partial charge >= 0.3 is 0 Å². The molecule has 1 aliphatic rings. The molecule has 0 amide bonds. The third kappa shape index (κ3) is 2.48. The Labute approximate surface area is 110 Å². The van der Waals surface area contributed by atoms with Gasteiger partial charge in [0.25, 0.3) is 0 Å². The second-order valence-corrected chi connectivity index (χ2v) is 6.73. The molecule has 0 spiro atoms. The Hall–Kier alpha value is -1.17. The summed E-state index contributed by atoms with van der Waals surface area (Å²) in [6.07, 6.45) is 0.623. The first kappa shape index (κ1) is 13.3. The van der Waals surface area contributed by atoms with Crippen LogP contribution in [0.5, 0.6) is 0 Å². The van der Waals surface area contributed by atoms with Crippen molar-refractivity contribution < 1.29 is 9.05 Å². The lowest BCUT2D eigenvalue weighted by Crippen LogP contribution is -2.20. The molecule has 0 saturated heterocycles. The maximum absolute atomic E-state index is 12.3. The van der Waals surface area contributed by atoms with Crippen LogP contribution in [0, 0.1) is 13.8 Å². The van der Waals surface area contributed by atoms with E-state index in [2.05, 4.69) is 10.3 Å². The Kier molecular flexibility index (Phi) is 3.31. The van der Waals surface area contributed by atoms with Gasteiger partial charge in [0.1, 0.15) is 10.6 Å². The summed E-state index contributed by atoms with van der Waals surface area (Å²) in [6.45, 7) is 7.82. The van der Waals surface area contributed by atoms with Crippen molar-refractivity contribution in [3.63, 3.8) is 0 Å². The van der Waals surface area contributed by atoms with Gasteiger partial charge in [0.2, 0.25) is 0 Å². The predicted molar refractivity (Wildman–Crippen MR) is 71.7 cm³/mol. The number of aryl methyl sites for hydroxylation is 2. The molecule has 0 aliphatic carbocycles. The molecule has 0 aromatic carbocycles. The average molecular weight is 269 g/mol. The smallest absolute Gasteiger partial charge is 0.148 e. The number of aromatic nitrogens is 2. The van der Waals surface area contributed by atoms with Gasteiger partial charge < -0.3 is 4.84 Å². The summed E-state index contributed by atoms with van der Waals surface area (Å²) < 4.78 is 14.1. The molecule has 5 nitrogen and oxygen atoms in total. The summed E-state index contributed by atoms with van der Waals surface area (Å²) in [6, 6.07) is 0. The molecular weight excluding hydrogens is 250 g/mol. The molecule has 6 heteroatoms. The largest absolute Gasteiger partial charge is 0.389 e. The zero-order valence-electron chi connectivity index (χ0n) is 11.5. The normalized spacial score (nSPS) is 19.5. The molecule has 100 valence electrons. The maximum Gasteiger partial charge on any atom is 0.148 e. The molecule has 0 fully saturated rings. The molecule has 0 radical (unpaired) electrons. The van der Waals surface area contributed by atoms with Gasteiger partial charge in [-0.2, -0.15) is 5.10 Å². The fraction of sp³-hybridized carbons (Fsp3) is 0.667. The predicted octanol–water partition coefficient (Wildman–Crippen LogP) is 1.80. The zero-order valence-corrected chi connectivity index (χ0v) is 12.3. The van der Waals surface area contributed by atoms with E-state index in [1.165, 1.54) is 0 Å². The lowest BCUT2D eigenvalue weighted by molar-refractivity contribution is 0.0123. The first-order chi connectivity index (χ1) is 8.30. The Morgan fingerprint density at radius 1 is 1.44 bits per heavy atom. The molecule has 2 heterocycles. The summed E-state index contributed by atoms with van der Waals surface area (Å²) >= 11 is 0. The molecule has 0 bridgehead atoms. The average Bonchev–Trinajstić information content (AvgIpc) is 2.74. The van der Waals surface area contributed by atoms with Crippen LogP contribution in [0.3, 0.4) is 0 Å². The highest BCUT2D eigenvalue weighted by atomic mass is 32.2. The second-order valence-electron chi connectivity index (χ2n) is 5.28. The van der Waals surface area contributed by atoms with Crippen LogP contribution in [0.1, 0.15) is 37.2 Å². The Bertz CT molecular complexity index is 532. The van der Waals surface area contributed by atoms with Gasteiger partial charge in [-0.3, -0.25) is 8.89 Å². The summed E-state index contributed by atoms with van der Waals surface area (Å²) in [5, 5.41) is 8.91. The second kappa shape index (κ2) is 4.50. The first-order valence-electron chi connectivity index (χ1n) is 5.92. The van der Waals surface area contributed by atoms with Gasteiger partial charge in [0.15, 0.2) is 0 Å². The van der Waals surface area contributed by atoms with Gasteiger partial charge in [-0.1, -0.05) is 5.16 Å². The highest BCUT2D eigenvalue weighted by Gasteiger charge is 2.32. The SMILES string of the molecule is Cc1nn(C)c(C)c1CS(=O)C1=NOC(C)(C)C1. The standard InChI is InChI=1S/C12H19N3O2S/c1-8-10(9(2)15(5)13-8)7-18(16)11-6-12(3,4)17-14-11/h6-7H2,1-5H3. The van der Waals surface area contributed by atoms with Gasteiger partial charge in [0, 0.05) is 24.7 Å². The number of oxime groups is 1. The van der Waals surface area contributed by atoms with E-state index in [-0.39, 0.29) is 5.60 Å². The quantitative estimate of drug-likeness (QED) is 0.822. The van der Waals surface area contributed by atoms with Crippen LogP contribution in [-0.4, -0.2) is 24.6 Å². The zero-order chi connectivity index (χ0) is 13.5. The fourth-order valence-corrected chi connectivity index (χ4v) is 3.44. The van der Waals surface area contributed by atoms with Crippen LogP contribution in [0.2, 0.25) is 0 Å². The van der Waals surface area contributed by atoms with Gasteiger partial charge in [-0.15, -0.1) is 0 Å². The molecular formula is C12H19N3O2S. The van der Waals surface area contributed by atoms with E-state index in [0.717, 1.165) is 17.0 Å². The number of hydrogen-bond donors (Lipinski definition) is 0. The summed E-state index contributed by atoms with van der Waals surface area (Å²) in [4.78, 5) is 5.25. The van der Waals surface area contributed by atoms with E-state index in [0.29, 0.717) is 17.2 Å². The molecule has 2 rings (SSSR count). The van der Waals surface area contributed by atoms with Crippen molar-refractivity contribution >= 4 is 15.8 Å². The van der Waals surface area contributed by atoms with Crippen molar-refractivity contribution in [2.45, 2.75) is 45.5 Å². The Morgan fingerprint density at radius 2 is 2.11 bits per heavy atom. The topological polar surface area (TPSA) is 56.5 Å². The minimum atomic E-state index is -1.13. The van der Waals surface area contributed by atoms with Crippen LogP contribution in [0.4, 0.5) is 0 Å². The van der Waals surface area contributed by atoms with E-state index < -0.39 is 10.8 Å². The summed E-state index contributed by atoms with van der Waals surface area (Å²) in [7, 11) is 0.768. The van der Waals surface area contributed by atoms with Gasteiger partial charge in [-0.05, 0) is 27.7 Å². The maximum atomic E-state index is 12.3. The van der Waals surface area contributed by atoms with Crippen LogP contribution < -0.4 is 0 Å². The van der Waals surface area contributed by atoms with Crippen LogP contribution in [-0.2, 0) is 28.4 Å². The minimum Gasteiger partial charge on any atom is -0.389 e. The summed E-state index contributed by atoms with van der Waals surface area (Å²) in [5.41, 5.74) is 2.70. The van der Waals surface area contributed by atoms with E-state index >= 15 is 0 Å². The third-order valence-corrected chi connectivity index (χ3v) is 4.46. The van der Waals surface area contributed by atoms with Gasteiger partial charge in [0.05, 0.1) is 22.2 Å². The monoisotopic (exact) mass is 269 g/mol. The Morgan fingerprint density at radius 3 is 2.56 bits per heavy atom. The van der Waals surface area contributed by atoms with Crippen LogP contribution in [0.25, 0.3) is 0 Å². The van der Waals surface area contributed by atoms with Gasteiger partial charge in [-0.25, -0.2) is 0 Å². The Balaban J connectivity index is 2.13. The summed E-state index contributed by atoms with van der Waals surface area (Å²) in [5.74, 6) is 0.462. The number of hydrogen-bond acceptors (Lipinski definition) is 4. The molecule has 18 heavy (non-hydrogen) atoms. The molecule has 1 aromatic rings. The van der Waals surface area contributed by atoms with Crippen LogP contribution >= 0.6 is 0 Å². The van der Waals surface area contributed by atoms with Crippen molar-refractivity contribution in [1.82, 2.24) is 9.78 Å².